The van der Waals surface area contributed by atoms with Gasteiger partial charge in [-0.25, -0.2) is 0 Å². The predicted molar refractivity (Wildman–Crippen MR) is 49.1 cm³/mol. The Morgan fingerprint density at radius 2 is 0.333 bits per heavy atom. The monoisotopic (exact) mass is 952 g/mol. The van der Waals surface area contributed by atoms with Crippen LogP contribution in [-0.2, 0) is 22.8 Å². The second kappa shape index (κ2) is 20.5. The minimum absolute atomic E-state index is 0. The standard InChI is InChI=1S/2Np.5H3O4P/c;;5*1-5(2,3)4/h;;5*(H3,1,2,3,4)/p-10. The summed E-state index contributed by atoms with van der Waals surface area (Å²) in [6.07, 6.45) is 0. The van der Waals surface area contributed by atoms with E-state index in [1.54, 1.807) is 0 Å². The van der Waals surface area contributed by atoms with Gasteiger partial charge in [-0.3, -0.25) is 0 Å². The van der Waals surface area contributed by atoms with Gasteiger partial charge >= 0.3 is 0 Å². The van der Waals surface area contributed by atoms with Crippen molar-refractivity contribution in [2.45, 2.75) is 0 Å². The average Bonchev–Trinajstić information content (AvgIpc) is 1.79. The molecule has 170 valence electrons. The first-order chi connectivity index (χ1) is 10.0. The van der Waals surface area contributed by atoms with E-state index >= 15 is 0 Å². The summed E-state index contributed by atoms with van der Waals surface area (Å²) in [6, 6.07) is 0. The van der Waals surface area contributed by atoms with Gasteiger partial charge in [-0.05, 0) is 0 Å². The Morgan fingerprint density at radius 1 is 0.333 bits per heavy atom. The van der Waals surface area contributed by atoms with Crippen molar-refractivity contribution in [3.8, 4) is 0 Å². The van der Waals surface area contributed by atoms with Crippen LogP contribution in [0.4, 0.5) is 0 Å². The molecule has 0 spiro atoms. The number of phosphoric acid groups is 5. The van der Waals surface area contributed by atoms with E-state index in [2.05, 4.69) is 0 Å². The van der Waals surface area contributed by atoms with E-state index in [0.29, 0.717) is 0 Å². The molecular formula is H5Np2O20P5-10. The van der Waals surface area contributed by atoms with E-state index in [1.807, 2.05) is 0 Å². The first-order valence-electron chi connectivity index (χ1n) is 3.74. The van der Waals surface area contributed by atoms with Crippen molar-refractivity contribution < 1.29 is 156 Å². The molecule has 0 unspecified atom stereocenters. The molecule has 0 saturated carbocycles. The van der Waals surface area contributed by atoms with Gasteiger partial charge < -0.3 is 96.2 Å². The van der Waals surface area contributed by atoms with Crippen molar-refractivity contribution in [1.82, 2.24) is 0 Å². The van der Waals surface area contributed by atoms with Crippen LogP contribution >= 0.6 is 39.1 Å². The first-order valence-corrected chi connectivity index (χ1v) is 11.2. The third-order valence-corrected chi connectivity index (χ3v) is 0. The second-order valence-electron chi connectivity index (χ2n) is 2.34. The Morgan fingerprint density at radius 3 is 0.333 bits per heavy atom. The smallest absolute Gasteiger partial charge is 0.0557 e. The molecular weight excluding hydrogens is 949 g/mol. The molecule has 0 fully saturated rings. The Bertz CT molecular complexity index is 375. The molecule has 27 heavy (non-hydrogen) atoms. The molecule has 0 heterocycles. The summed E-state index contributed by atoms with van der Waals surface area (Å²) < 4.78 is 43.3. The number of hydrogen-bond donors (Lipinski definition) is 5. The fourth-order valence-electron chi connectivity index (χ4n) is 0. The molecule has 27 heteroatoms. The fraction of sp³-hybridized carbons (Fsp3) is 0. The van der Waals surface area contributed by atoms with E-state index in [0.717, 1.165) is 0 Å². The molecule has 0 saturated heterocycles. The van der Waals surface area contributed by atoms with Gasteiger partial charge in [0.15, 0.2) is 0 Å². The zero-order chi connectivity index (χ0) is 22.5. The van der Waals surface area contributed by atoms with E-state index in [4.69, 9.17) is 96.2 Å². The molecule has 2 radical (unpaired) electrons. The topological polar surface area (TPSA) is 417 Å². The van der Waals surface area contributed by atoms with Crippen molar-refractivity contribution in [3.63, 3.8) is 0 Å². The SMILES string of the molecule is O=P([O-])([O-])O.O=P([O-])([O-])O.O=P([O-])([O-])O.O=P([O-])([O-])O.O=P([O-])([O-])O.[Np].[Np]. The maximum Gasteiger partial charge on any atom is 0.0557 e. The van der Waals surface area contributed by atoms with Gasteiger partial charge in [0.25, 0.3) is 0 Å². The molecule has 5 N–H and O–H groups in total. The van der Waals surface area contributed by atoms with Gasteiger partial charge in [0.2, 0.25) is 0 Å². The van der Waals surface area contributed by atoms with Crippen molar-refractivity contribution in [3.05, 3.63) is 0 Å². The molecule has 0 amide bonds. The maximum atomic E-state index is 8.66. The Balaban J connectivity index is -0.0000000364. The Labute approximate surface area is 194 Å². The van der Waals surface area contributed by atoms with Gasteiger partial charge in [0.05, 0.1) is 39.1 Å². The van der Waals surface area contributed by atoms with Crippen LogP contribution in [0.3, 0.4) is 0 Å². The summed E-state index contributed by atoms with van der Waals surface area (Å²) in [5.41, 5.74) is 0. The van der Waals surface area contributed by atoms with Crippen molar-refractivity contribution in [1.29, 1.82) is 0 Å². The van der Waals surface area contributed by atoms with E-state index < -0.39 is 39.1 Å². The van der Waals surface area contributed by atoms with E-state index in [1.165, 1.54) is 0 Å². The largest absolute Gasteiger partial charge is 0.790 e. The van der Waals surface area contributed by atoms with Crippen LogP contribution in [0.15, 0.2) is 0 Å². The normalized spacial score (nSPS) is 10.9. The molecule has 0 rings (SSSR count). The Hall–Kier alpha value is 2.58. The van der Waals surface area contributed by atoms with Crippen molar-refractivity contribution >= 4 is 39.1 Å². The van der Waals surface area contributed by atoms with Crippen LogP contribution in [0.25, 0.3) is 0 Å². The minimum Gasteiger partial charge on any atom is -0.790 e. The molecule has 0 aliphatic rings. The maximum absolute atomic E-state index is 8.66. The summed E-state index contributed by atoms with van der Waals surface area (Å²) in [5, 5.41) is 0. The summed E-state index contributed by atoms with van der Waals surface area (Å²) in [4.78, 5) is 121. The van der Waals surface area contributed by atoms with Gasteiger partial charge in [-0.2, -0.15) is 0 Å². The molecule has 0 aliphatic heterocycles. The number of rotatable bonds is 0. The molecule has 0 aromatic carbocycles. The zero-order valence-electron chi connectivity index (χ0n) is 11.5. The van der Waals surface area contributed by atoms with Crippen molar-refractivity contribution in [2.75, 3.05) is 0 Å². The quantitative estimate of drug-likeness (QED) is 0.141. The predicted octanol–water partition coefficient (Wildman–Crippen LogP) is -11.0. The van der Waals surface area contributed by atoms with Gasteiger partial charge in [0.1, 0.15) is 0 Å². The van der Waals surface area contributed by atoms with Crippen LogP contribution in [0, 0.1) is 59.9 Å². The molecule has 20 nitrogen and oxygen atoms in total. The van der Waals surface area contributed by atoms with Crippen LogP contribution in [0.5, 0.6) is 0 Å². The summed E-state index contributed by atoms with van der Waals surface area (Å²) in [6.45, 7) is 0. The van der Waals surface area contributed by atoms with Crippen LogP contribution in [-0.4, -0.2) is 24.5 Å². The molecule has 0 atom stereocenters. The van der Waals surface area contributed by atoms with E-state index in [9.17, 15) is 0 Å². The van der Waals surface area contributed by atoms with Crippen LogP contribution in [0.1, 0.15) is 0 Å². The van der Waals surface area contributed by atoms with Gasteiger partial charge in [-0.15, -0.1) is 0 Å². The van der Waals surface area contributed by atoms with E-state index in [-0.39, 0.29) is 59.9 Å². The summed E-state index contributed by atoms with van der Waals surface area (Å²) in [5.74, 6) is 0. The van der Waals surface area contributed by atoms with Crippen LogP contribution in [0.2, 0.25) is 0 Å². The third-order valence-electron chi connectivity index (χ3n) is 0. The average molecular weight is 954 g/mol. The fourth-order valence-corrected chi connectivity index (χ4v) is 0. The zero-order valence-corrected chi connectivity index (χ0v) is 23.4. The summed E-state index contributed by atoms with van der Waals surface area (Å²) in [7, 11) is -25.7. The Kier molecular flexibility index (Phi) is 35.9. The second-order valence-corrected chi connectivity index (χ2v) is 7.03. The molecule has 0 aromatic heterocycles. The number of hydrogen-bond acceptors (Lipinski definition) is 15. The molecule has 0 aliphatic carbocycles. The third kappa shape index (κ3) is 3040. The first kappa shape index (κ1) is 47.4. The minimum atomic E-state index is -5.14. The molecule has 0 aromatic rings. The van der Waals surface area contributed by atoms with Crippen LogP contribution < -0.4 is 48.9 Å². The van der Waals surface area contributed by atoms with Gasteiger partial charge in [0, 0.05) is 59.9 Å². The van der Waals surface area contributed by atoms with Crippen molar-refractivity contribution in [2.24, 2.45) is 0 Å². The molecule has 0 bridgehead atoms. The summed E-state index contributed by atoms with van der Waals surface area (Å²) >= 11 is 0. The van der Waals surface area contributed by atoms with Gasteiger partial charge in [-0.1, -0.05) is 0 Å².